The molecule has 3 atom stereocenters. The van der Waals surface area contributed by atoms with E-state index in [2.05, 4.69) is 50.4 Å². The molecule has 1 amide bonds. The molecule has 6 rings (SSSR count). The number of imidazole rings is 1. The van der Waals surface area contributed by atoms with Crippen molar-refractivity contribution in [3.8, 4) is 0 Å². The number of sulfone groups is 1. The lowest BCUT2D eigenvalue weighted by Gasteiger charge is -2.51. The highest BCUT2D eigenvalue weighted by Crippen LogP contribution is 2.52. The number of rotatable bonds is 13. The Morgan fingerprint density at radius 2 is 1.84 bits per heavy atom. The van der Waals surface area contributed by atoms with Crippen LogP contribution < -0.4 is 10.2 Å². The Morgan fingerprint density at radius 3 is 2.49 bits per heavy atom. The van der Waals surface area contributed by atoms with Crippen LogP contribution in [0.4, 0.5) is 10.1 Å². The maximum absolute atomic E-state index is 15.1. The number of amides is 1. The van der Waals surface area contributed by atoms with Gasteiger partial charge in [0, 0.05) is 68.1 Å². The highest BCUT2D eigenvalue weighted by molar-refractivity contribution is 7.92. The molecule has 2 saturated heterocycles. The summed E-state index contributed by atoms with van der Waals surface area (Å²) in [6.45, 7) is 14.8. The Morgan fingerprint density at radius 1 is 1.10 bits per heavy atom. The number of anilines is 1. The topological polar surface area (TPSA) is 87.5 Å². The fraction of sp³-hybridized carbons (Fsp3) is 0.538. The van der Waals surface area contributed by atoms with Crippen molar-refractivity contribution in [3.05, 3.63) is 90.8 Å². The average molecular weight is 690 g/mol. The molecule has 1 aromatic heterocycles. The van der Waals surface area contributed by atoms with Crippen molar-refractivity contribution in [1.82, 2.24) is 19.8 Å². The first-order chi connectivity index (χ1) is 23.5. The molecule has 1 saturated carbocycles. The Bertz CT molecular complexity index is 1710. The van der Waals surface area contributed by atoms with Gasteiger partial charge in [0.1, 0.15) is 11.6 Å². The summed E-state index contributed by atoms with van der Waals surface area (Å²) < 4.78 is 42.5. The zero-order valence-electron chi connectivity index (χ0n) is 29.2. The van der Waals surface area contributed by atoms with Crippen LogP contribution in [0, 0.1) is 23.6 Å². The lowest BCUT2D eigenvalue weighted by Crippen LogP contribution is -2.56. The molecule has 3 aromatic rings. The third-order valence-electron chi connectivity index (χ3n) is 11.5. The van der Waals surface area contributed by atoms with Crippen LogP contribution in [-0.4, -0.2) is 72.8 Å². The standard InChI is InChI=1S/C39H52FN5O3S/c1-5-37-41-19-22-44(37)27-39(31-9-7-10-32(40)23-31,35-11-8-12-36(35)42-38(46)6-2)30-17-20-43(21-18-30)24-29-25-45(26-29)33-13-15-34(16-14-33)49(47,48)28(3)4/h6-7,9-10,13-16,19,22-23,28-30,35-36H,2,5,8,11-12,17-18,20-21,24-27H2,1,3-4H3,(H,42,46)/t35-,36-,39?/m0/s1. The smallest absolute Gasteiger partial charge is 0.243 e. The second-order valence-electron chi connectivity index (χ2n) is 14.7. The van der Waals surface area contributed by atoms with Crippen LogP contribution in [0.2, 0.25) is 0 Å². The van der Waals surface area contributed by atoms with Crippen LogP contribution in [0.15, 0.2) is 78.5 Å². The molecule has 1 unspecified atom stereocenters. The summed E-state index contributed by atoms with van der Waals surface area (Å²) in [5, 5.41) is 2.84. The van der Waals surface area contributed by atoms with Crippen molar-refractivity contribution in [1.29, 1.82) is 0 Å². The lowest BCUT2D eigenvalue weighted by molar-refractivity contribution is -0.117. The first-order valence-electron chi connectivity index (χ1n) is 18.0. The fourth-order valence-corrected chi connectivity index (χ4v) is 10.0. The number of benzene rings is 2. The van der Waals surface area contributed by atoms with Gasteiger partial charge in [0.05, 0.1) is 10.1 Å². The number of carbonyl (C=O) groups excluding carboxylic acids is 1. The van der Waals surface area contributed by atoms with Gasteiger partial charge < -0.3 is 19.7 Å². The van der Waals surface area contributed by atoms with Crippen LogP contribution >= 0.6 is 0 Å². The number of hydrogen-bond donors (Lipinski definition) is 1. The molecule has 1 N–H and O–H groups in total. The molecule has 2 aromatic carbocycles. The van der Waals surface area contributed by atoms with Crippen molar-refractivity contribution in [2.24, 2.45) is 17.8 Å². The average Bonchev–Trinajstić information content (AvgIpc) is 3.74. The summed E-state index contributed by atoms with van der Waals surface area (Å²) in [7, 11) is -3.28. The molecule has 0 bridgehead atoms. The zero-order valence-corrected chi connectivity index (χ0v) is 30.0. The summed E-state index contributed by atoms with van der Waals surface area (Å²) in [5.74, 6) is 1.63. The number of carbonyl (C=O) groups is 1. The minimum Gasteiger partial charge on any atom is -0.371 e. The van der Waals surface area contributed by atoms with Gasteiger partial charge in [-0.3, -0.25) is 4.79 Å². The van der Waals surface area contributed by atoms with Gasteiger partial charge in [0.15, 0.2) is 9.84 Å². The second-order valence-corrected chi connectivity index (χ2v) is 17.2. The van der Waals surface area contributed by atoms with E-state index < -0.39 is 20.5 Å². The van der Waals surface area contributed by atoms with E-state index >= 15 is 4.39 Å². The van der Waals surface area contributed by atoms with Gasteiger partial charge in [-0.25, -0.2) is 17.8 Å². The van der Waals surface area contributed by atoms with E-state index in [0.717, 1.165) is 88.3 Å². The molecule has 264 valence electrons. The van der Waals surface area contributed by atoms with Crippen molar-refractivity contribution in [2.45, 2.75) is 87.4 Å². The van der Waals surface area contributed by atoms with E-state index in [1.807, 2.05) is 24.4 Å². The number of hydrogen-bond acceptors (Lipinski definition) is 6. The molecule has 0 radical (unpaired) electrons. The van der Waals surface area contributed by atoms with Gasteiger partial charge in [-0.05, 0) is 112 Å². The van der Waals surface area contributed by atoms with Crippen LogP contribution in [0.3, 0.4) is 0 Å². The zero-order chi connectivity index (χ0) is 34.8. The molecule has 1 aliphatic carbocycles. The Balaban J connectivity index is 1.19. The number of likely N-dealkylation sites (tertiary alicyclic amines) is 1. The Hall–Kier alpha value is -3.50. The number of halogens is 1. The maximum Gasteiger partial charge on any atom is 0.243 e. The fourth-order valence-electron chi connectivity index (χ4n) is 8.95. The van der Waals surface area contributed by atoms with Gasteiger partial charge in [-0.2, -0.15) is 0 Å². The van der Waals surface area contributed by atoms with Crippen LogP contribution in [0.1, 0.15) is 64.3 Å². The molecule has 8 nitrogen and oxygen atoms in total. The molecule has 3 heterocycles. The predicted molar refractivity (Wildman–Crippen MR) is 193 cm³/mol. The minimum absolute atomic E-state index is 0.0131. The number of aromatic nitrogens is 2. The molecule has 10 heteroatoms. The van der Waals surface area contributed by atoms with Crippen molar-refractivity contribution >= 4 is 21.4 Å². The van der Waals surface area contributed by atoms with Gasteiger partial charge >= 0.3 is 0 Å². The predicted octanol–water partition coefficient (Wildman–Crippen LogP) is 6.02. The first-order valence-corrected chi connectivity index (χ1v) is 19.6. The SMILES string of the molecule is C=CC(=O)N[C@H]1CCC[C@@H]1C(Cn1ccnc1CC)(c1cccc(F)c1)C1CCN(CC2CN(c3ccc(S(=O)(=O)C(C)C)cc3)C2)CC1. The van der Waals surface area contributed by atoms with Crippen molar-refractivity contribution in [2.75, 3.05) is 37.6 Å². The molecule has 0 spiro atoms. The maximum atomic E-state index is 15.1. The van der Waals surface area contributed by atoms with Gasteiger partial charge in [-0.1, -0.05) is 32.1 Å². The minimum atomic E-state index is -3.28. The van der Waals surface area contributed by atoms with Crippen LogP contribution in [0.5, 0.6) is 0 Å². The number of nitrogens with one attached hydrogen (secondary N) is 1. The third kappa shape index (κ3) is 7.22. The molecule has 3 fully saturated rings. The summed E-state index contributed by atoms with van der Waals surface area (Å²) in [6.07, 6.45) is 11.0. The molecular formula is C39H52FN5O3S. The van der Waals surface area contributed by atoms with Crippen molar-refractivity contribution < 1.29 is 17.6 Å². The van der Waals surface area contributed by atoms with E-state index in [0.29, 0.717) is 23.3 Å². The van der Waals surface area contributed by atoms with Crippen LogP contribution in [0.25, 0.3) is 0 Å². The quantitative estimate of drug-likeness (QED) is 0.221. The molecular weight excluding hydrogens is 638 g/mol. The van der Waals surface area contributed by atoms with E-state index in [1.54, 1.807) is 32.0 Å². The monoisotopic (exact) mass is 689 g/mol. The number of piperidine rings is 1. The third-order valence-corrected chi connectivity index (χ3v) is 13.7. The molecule has 3 aliphatic rings. The molecule has 2 aliphatic heterocycles. The lowest BCUT2D eigenvalue weighted by atomic mass is 9.58. The summed E-state index contributed by atoms with van der Waals surface area (Å²) in [5.41, 5.74) is 1.70. The van der Waals surface area contributed by atoms with E-state index in [1.165, 1.54) is 12.1 Å². The van der Waals surface area contributed by atoms with E-state index in [4.69, 9.17) is 0 Å². The number of aryl methyl sites for hydroxylation is 1. The summed E-state index contributed by atoms with van der Waals surface area (Å²) >= 11 is 0. The normalized spacial score (nSPS) is 22.2. The van der Waals surface area contributed by atoms with Crippen molar-refractivity contribution in [3.63, 3.8) is 0 Å². The highest BCUT2D eigenvalue weighted by atomic mass is 32.2. The largest absolute Gasteiger partial charge is 0.371 e. The van der Waals surface area contributed by atoms with E-state index in [-0.39, 0.29) is 23.7 Å². The summed E-state index contributed by atoms with van der Waals surface area (Å²) in [4.78, 5) is 22.6. The number of nitrogens with zero attached hydrogens (tertiary/aromatic N) is 4. The summed E-state index contributed by atoms with van der Waals surface area (Å²) in [6, 6.07) is 14.5. The van der Waals surface area contributed by atoms with Gasteiger partial charge in [0.25, 0.3) is 0 Å². The van der Waals surface area contributed by atoms with Crippen LogP contribution in [-0.2, 0) is 33.0 Å². The Labute approximate surface area is 291 Å². The van der Waals surface area contributed by atoms with Gasteiger partial charge in [-0.15, -0.1) is 0 Å². The highest BCUT2D eigenvalue weighted by Gasteiger charge is 2.52. The molecule has 49 heavy (non-hydrogen) atoms. The van der Waals surface area contributed by atoms with E-state index in [9.17, 15) is 13.2 Å². The first kappa shape index (κ1) is 35.3. The van der Waals surface area contributed by atoms with Gasteiger partial charge in [0.2, 0.25) is 5.91 Å². The Kier molecular flexibility index (Phi) is 10.7. The second kappa shape index (κ2) is 14.8.